The summed E-state index contributed by atoms with van der Waals surface area (Å²) < 4.78 is 0.734. The predicted molar refractivity (Wildman–Crippen MR) is 62.5 cm³/mol. The maximum atomic E-state index is 11.7. The van der Waals surface area contributed by atoms with E-state index in [-0.39, 0.29) is 5.78 Å². The Morgan fingerprint density at radius 1 is 1.64 bits per heavy atom. The van der Waals surface area contributed by atoms with Gasteiger partial charge in [0, 0.05) is 6.42 Å². The third kappa shape index (κ3) is 2.82. The number of ketones is 1. The molecule has 1 unspecified atom stereocenters. The Balaban J connectivity index is 2.70. The molecule has 0 aliphatic heterocycles. The maximum absolute atomic E-state index is 11.7. The van der Waals surface area contributed by atoms with Crippen LogP contribution in [-0.2, 0) is 0 Å². The largest absolute Gasteiger partial charge is 0.293 e. The van der Waals surface area contributed by atoms with Crippen LogP contribution in [0.2, 0.25) is 4.34 Å². The van der Waals surface area contributed by atoms with Gasteiger partial charge in [0.1, 0.15) is 0 Å². The van der Waals surface area contributed by atoms with Crippen LogP contribution in [0.1, 0.15) is 41.9 Å². The first-order chi connectivity index (χ1) is 6.54. The van der Waals surface area contributed by atoms with Gasteiger partial charge in [-0.1, -0.05) is 31.9 Å². The minimum atomic E-state index is 0.222. The van der Waals surface area contributed by atoms with Crippen LogP contribution in [0, 0.1) is 12.8 Å². The fourth-order valence-electron chi connectivity index (χ4n) is 1.16. The molecule has 1 aromatic rings. The highest BCUT2D eigenvalue weighted by atomic mass is 35.5. The normalized spacial score (nSPS) is 12.9. The lowest BCUT2D eigenvalue weighted by Crippen LogP contribution is -2.03. The standard InChI is InChI=1S/C11H15ClOS/c1-4-7(2)5-9(13)10-6-8(3)11(12)14-10/h6-7H,4-5H2,1-3H3. The Bertz CT molecular complexity index is 311. The fourth-order valence-corrected chi connectivity index (χ4v) is 2.31. The Morgan fingerprint density at radius 3 is 2.71 bits per heavy atom. The zero-order valence-corrected chi connectivity index (χ0v) is 10.3. The van der Waals surface area contributed by atoms with E-state index < -0.39 is 0 Å². The average molecular weight is 231 g/mol. The van der Waals surface area contributed by atoms with E-state index in [1.54, 1.807) is 0 Å². The van der Waals surface area contributed by atoms with Crippen molar-refractivity contribution in [3.8, 4) is 0 Å². The van der Waals surface area contributed by atoms with Crippen LogP contribution in [0.15, 0.2) is 6.07 Å². The van der Waals surface area contributed by atoms with Crippen molar-refractivity contribution < 1.29 is 4.79 Å². The van der Waals surface area contributed by atoms with Crippen molar-refractivity contribution in [2.45, 2.75) is 33.6 Å². The molecule has 0 bridgehead atoms. The van der Waals surface area contributed by atoms with Gasteiger partial charge in [-0.15, -0.1) is 11.3 Å². The molecule has 0 fully saturated rings. The van der Waals surface area contributed by atoms with E-state index >= 15 is 0 Å². The van der Waals surface area contributed by atoms with Gasteiger partial charge in [0.25, 0.3) is 0 Å². The monoisotopic (exact) mass is 230 g/mol. The van der Waals surface area contributed by atoms with Crippen molar-refractivity contribution in [3.63, 3.8) is 0 Å². The van der Waals surface area contributed by atoms with E-state index in [0.29, 0.717) is 12.3 Å². The summed E-state index contributed by atoms with van der Waals surface area (Å²) in [6.07, 6.45) is 1.68. The summed E-state index contributed by atoms with van der Waals surface area (Å²) in [4.78, 5) is 12.5. The van der Waals surface area contributed by atoms with Gasteiger partial charge in [0.15, 0.2) is 5.78 Å². The molecule has 0 aliphatic carbocycles. The first kappa shape index (κ1) is 11.7. The minimum Gasteiger partial charge on any atom is -0.293 e. The van der Waals surface area contributed by atoms with Crippen molar-refractivity contribution in [1.29, 1.82) is 0 Å². The first-order valence-corrected chi connectivity index (χ1v) is 6.03. The summed E-state index contributed by atoms with van der Waals surface area (Å²) in [5.41, 5.74) is 1.00. The lowest BCUT2D eigenvalue weighted by Gasteiger charge is -2.04. The number of rotatable bonds is 4. The number of aryl methyl sites for hydroxylation is 1. The van der Waals surface area contributed by atoms with Gasteiger partial charge in [-0.3, -0.25) is 4.79 Å². The van der Waals surface area contributed by atoms with Crippen LogP contribution >= 0.6 is 22.9 Å². The summed E-state index contributed by atoms with van der Waals surface area (Å²) in [6.45, 7) is 6.13. The van der Waals surface area contributed by atoms with E-state index in [1.165, 1.54) is 11.3 Å². The lowest BCUT2D eigenvalue weighted by atomic mass is 10.0. The van der Waals surface area contributed by atoms with Crippen LogP contribution in [0.5, 0.6) is 0 Å². The molecule has 1 rings (SSSR count). The number of halogens is 1. The molecule has 0 aliphatic rings. The van der Waals surface area contributed by atoms with Crippen molar-refractivity contribution in [2.24, 2.45) is 5.92 Å². The molecule has 0 aromatic carbocycles. The SMILES string of the molecule is CCC(C)CC(=O)c1cc(C)c(Cl)s1. The highest BCUT2D eigenvalue weighted by Crippen LogP contribution is 2.28. The minimum absolute atomic E-state index is 0.222. The molecule has 0 amide bonds. The summed E-state index contributed by atoms with van der Waals surface area (Å²) in [7, 11) is 0. The molecule has 0 saturated heterocycles. The number of carbonyl (C=O) groups excluding carboxylic acids is 1. The van der Waals surface area contributed by atoms with E-state index in [9.17, 15) is 4.79 Å². The van der Waals surface area contributed by atoms with Gasteiger partial charge >= 0.3 is 0 Å². The topological polar surface area (TPSA) is 17.1 Å². The van der Waals surface area contributed by atoms with Crippen LogP contribution < -0.4 is 0 Å². The highest BCUT2D eigenvalue weighted by molar-refractivity contribution is 7.18. The quantitative estimate of drug-likeness (QED) is 0.704. The lowest BCUT2D eigenvalue weighted by molar-refractivity contribution is 0.0967. The van der Waals surface area contributed by atoms with Crippen molar-refractivity contribution >= 4 is 28.7 Å². The second kappa shape index (κ2) is 4.94. The summed E-state index contributed by atoms with van der Waals surface area (Å²) >= 11 is 7.30. The molecule has 1 aromatic heterocycles. The number of carbonyl (C=O) groups is 1. The second-order valence-corrected chi connectivity index (χ2v) is 5.36. The molecule has 1 heterocycles. The Morgan fingerprint density at radius 2 is 2.29 bits per heavy atom. The number of Topliss-reactive ketones (excluding diaryl/α,β-unsaturated/α-hetero) is 1. The van der Waals surface area contributed by atoms with Gasteiger partial charge in [0.05, 0.1) is 9.21 Å². The number of hydrogen-bond acceptors (Lipinski definition) is 2. The van der Waals surface area contributed by atoms with Crippen molar-refractivity contribution in [3.05, 3.63) is 20.8 Å². The van der Waals surface area contributed by atoms with E-state index in [1.807, 2.05) is 13.0 Å². The van der Waals surface area contributed by atoms with E-state index in [0.717, 1.165) is 21.2 Å². The summed E-state index contributed by atoms with van der Waals surface area (Å²) in [5.74, 6) is 0.683. The molecular weight excluding hydrogens is 216 g/mol. The third-order valence-corrected chi connectivity index (χ3v) is 3.96. The van der Waals surface area contributed by atoms with Gasteiger partial charge in [-0.2, -0.15) is 0 Å². The Kier molecular flexibility index (Phi) is 4.14. The molecule has 0 N–H and O–H groups in total. The molecule has 0 spiro atoms. The molecule has 0 radical (unpaired) electrons. The molecule has 3 heteroatoms. The van der Waals surface area contributed by atoms with Gasteiger partial charge in [0.2, 0.25) is 0 Å². The maximum Gasteiger partial charge on any atom is 0.173 e. The van der Waals surface area contributed by atoms with Gasteiger partial charge in [-0.05, 0) is 24.5 Å². The number of thiophene rings is 1. The van der Waals surface area contributed by atoms with Gasteiger partial charge < -0.3 is 0 Å². The van der Waals surface area contributed by atoms with E-state index in [4.69, 9.17) is 11.6 Å². The smallest absolute Gasteiger partial charge is 0.173 e. The van der Waals surface area contributed by atoms with E-state index in [2.05, 4.69) is 13.8 Å². The molecule has 14 heavy (non-hydrogen) atoms. The van der Waals surface area contributed by atoms with Crippen molar-refractivity contribution in [2.75, 3.05) is 0 Å². The van der Waals surface area contributed by atoms with Crippen molar-refractivity contribution in [1.82, 2.24) is 0 Å². The first-order valence-electron chi connectivity index (χ1n) is 4.83. The Labute approximate surface area is 94.1 Å². The summed E-state index contributed by atoms with van der Waals surface area (Å²) in [6, 6.07) is 1.89. The van der Waals surface area contributed by atoms with Crippen LogP contribution in [0.4, 0.5) is 0 Å². The zero-order chi connectivity index (χ0) is 10.7. The fraction of sp³-hybridized carbons (Fsp3) is 0.545. The molecule has 78 valence electrons. The second-order valence-electron chi connectivity index (χ2n) is 3.71. The third-order valence-electron chi connectivity index (χ3n) is 2.36. The molecule has 1 atom stereocenters. The molecular formula is C11H15ClOS. The van der Waals surface area contributed by atoms with Crippen LogP contribution in [0.3, 0.4) is 0 Å². The molecule has 0 saturated carbocycles. The Hall–Kier alpha value is -0.340. The zero-order valence-electron chi connectivity index (χ0n) is 8.76. The van der Waals surface area contributed by atoms with Crippen LogP contribution in [0.25, 0.3) is 0 Å². The van der Waals surface area contributed by atoms with Gasteiger partial charge in [-0.25, -0.2) is 0 Å². The highest BCUT2D eigenvalue weighted by Gasteiger charge is 2.13. The average Bonchev–Trinajstić information content (AvgIpc) is 2.47. The predicted octanol–water partition coefficient (Wildman–Crippen LogP) is 4.33. The summed E-state index contributed by atoms with van der Waals surface area (Å²) in [5, 5.41) is 0. The molecule has 1 nitrogen and oxygen atoms in total. The number of hydrogen-bond donors (Lipinski definition) is 0. The van der Waals surface area contributed by atoms with Crippen LogP contribution in [-0.4, -0.2) is 5.78 Å².